The van der Waals surface area contributed by atoms with E-state index in [0.29, 0.717) is 5.25 Å². The zero-order chi connectivity index (χ0) is 9.97. The Labute approximate surface area is 89.1 Å². The van der Waals surface area contributed by atoms with Crippen LogP contribution >= 0.6 is 11.8 Å². The first kappa shape index (κ1) is 9.41. The highest BCUT2D eigenvalue weighted by molar-refractivity contribution is 8.03. The monoisotopic (exact) mass is 203 g/mol. The number of rotatable bonds is 1. The molecule has 0 aromatic heterocycles. The Bertz CT molecular complexity index is 356. The third-order valence-corrected chi connectivity index (χ3v) is 3.51. The molecule has 0 radical (unpaired) electrons. The third kappa shape index (κ3) is 1.85. The predicted octanol–water partition coefficient (Wildman–Crippen LogP) is 3.39. The maximum Gasteiger partial charge on any atom is 0.0680 e. The van der Waals surface area contributed by atoms with Gasteiger partial charge in [0.15, 0.2) is 0 Å². The minimum Gasteiger partial charge on any atom is -0.347 e. The van der Waals surface area contributed by atoms with Crippen molar-refractivity contribution >= 4 is 11.8 Å². The van der Waals surface area contributed by atoms with Gasteiger partial charge in [-0.15, -0.1) is 0 Å². The van der Waals surface area contributed by atoms with Crippen molar-refractivity contribution in [3.05, 3.63) is 59.8 Å². The van der Waals surface area contributed by atoms with Gasteiger partial charge in [-0.2, -0.15) is 0 Å². The van der Waals surface area contributed by atoms with E-state index < -0.39 is 0 Å². The van der Waals surface area contributed by atoms with Crippen LogP contribution in [-0.4, -0.2) is 11.9 Å². The summed E-state index contributed by atoms with van der Waals surface area (Å²) in [5.41, 5.74) is 1.34. The second kappa shape index (κ2) is 3.93. The molecule has 0 saturated heterocycles. The minimum atomic E-state index is 0.417. The van der Waals surface area contributed by atoms with Crippen LogP contribution in [0.5, 0.6) is 0 Å². The molecule has 0 N–H and O–H groups in total. The lowest BCUT2D eigenvalue weighted by molar-refractivity contribution is 0.604. The van der Waals surface area contributed by atoms with Gasteiger partial charge in [-0.25, -0.2) is 0 Å². The van der Waals surface area contributed by atoms with Crippen LogP contribution in [0.3, 0.4) is 0 Å². The predicted molar refractivity (Wildman–Crippen MR) is 62.8 cm³/mol. The van der Waals surface area contributed by atoms with E-state index in [1.165, 1.54) is 5.56 Å². The van der Waals surface area contributed by atoms with Crippen LogP contribution in [0.1, 0.15) is 10.8 Å². The zero-order valence-corrected chi connectivity index (χ0v) is 9.00. The molecule has 0 amide bonds. The average Bonchev–Trinajstić information content (AvgIpc) is 2.23. The van der Waals surface area contributed by atoms with Gasteiger partial charge in [0.1, 0.15) is 0 Å². The largest absolute Gasteiger partial charge is 0.347 e. The van der Waals surface area contributed by atoms with E-state index in [2.05, 4.69) is 43.1 Å². The van der Waals surface area contributed by atoms with Gasteiger partial charge in [0.2, 0.25) is 0 Å². The molecule has 0 aliphatic carbocycles. The molecule has 0 saturated carbocycles. The molecule has 1 atom stereocenters. The summed E-state index contributed by atoms with van der Waals surface area (Å²) in [6.45, 7) is 4.01. The van der Waals surface area contributed by atoms with Crippen molar-refractivity contribution < 1.29 is 0 Å². The van der Waals surface area contributed by atoms with Gasteiger partial charge in [0, 0.05) is 13.2 Å². The highest BCUT2D eigenvalue weighted by Gasteiger charge is 2.15. The molecule has 1 aliphatic rings. The zero-order valence-electron chi connectivity index (χ0n) is 8.18. The Morgan fingerprint density at radius 1 is 1.29 bits per heavy atom. The van der Waals surface area contributed by atoms with Gasteiger partial charge >= 0.3 is 0 Å². The summed E-state index contributed by atoms with van der Waals surface area (Å²) in [4.78, 5) is 2.05. The molecule has 1 unspecified atom stereocenters. The Balaban J connectivity index is 2.22. The van der Waals surface area contributed by atoms with E-state index >= 15 is 0 Å². The quantitative estimate of drug-likeness (QED) is 0.688. The highest BCUT2D eigenvalue weighted by Crippen LogP contribution is 2.39. The summed E-state index contributed by atoms with van der Waals surface area (Å²) in [6, 6.07) is 10.5. The average molecular weight is 203 g/mol. The van der Waals surface area contributed by atoms with Crippen molar-refractivity contribution in [2.24, 2.45) is 0 Å². The molecular formula is C12H13NS. The number of nitrogens with zero attached hydrogens (tertiary/aromatic N) is 1. The normalized spacial score (nSPS) is 21.4. The van der Waals surface area contributed by atoms with Crippen molar-refractivity contribution in [1.82, 2.24) is 4.90 Å². The van der Waals surface area contributed by atoms with Crippen molar-refractivity contribution in [2.75, 3.05) is 7.05 Å². The van der Waals surface area contributed by atoms with Gasteiger partial charge < -0.3 is 4.90 Å². The Morgan fingerprint density at radius 3 is 2.64 bits per heavy atom. The lowest BCUT2D eigenvalue weighted by Crippen LogP contribution is -2.12. The van der Waals surface area contributed by atoms with Gasteiger partial charge in [-0.05, 0) is 5.56 Å². The number of hydrogen-bond donors (Lipinski definition) is 0. The molecule has 0 fully saturated rings. The minimum absolute atomic E-state index is 0.417. The smallest absolute Gasteiger partial charge is 0.0680 e. The number of thioether (sulfide) groups is 1. The van der Waals surface area contributed by atoms with Crippen LogP contribution in [0.2, 0.25) is 0 Å². The van der Waals surface area contributed by atoms with Crippen LogP contribution in [0.4, 0.5) is 0 Å². The number of benzene rings is 1. The van der Waals surface area contributed by atoms with E-state index in [0.717, 1.165) is 5.03 Å². The summed E-state index contributed by atoms with van der Waals surface area (Å²) in [5.74, 6) is 0. The molecule has 2 rings (SSSR count). The molecule has 0 spiro atoms. The fourth-order valence-electron chi connectivity index (χ4n) is 1.38. The SMILES string of the molecule is C=C1SC(c2ccccc2)C=CN1C. The highest BCUT2D eigenvalue weighted by atomic mass is 32.2. The Kier molecular flexibility index (Phi) is 2.64. The van der Waals surface area contributed by atoms with Crippen LogP contribution in [0.25, 0.3) is 0 Å². The van der Waals surface area contributed by atoms with Crippen LogP contribution in [-0.2, 0) is 0 Å². The fourth-order valence-corrected chi connectivity index (χ4v) is 2.34. The summed E-state index contributed by atoms with van der Waals surface area (Å²) in [5, 5.41) is 1.52. The summed E-state index contributed by atoms with van der Waals surface area (Å²) < 4.78 is 0. The van der Waals surface area contributed by atoms with E-state index in [1.807, 2.05) is 18.0 Å². The third-order valence-electron chi connectivity index (χ3n) is 2.27. The lowest BCUT2D eigenvalue weighted by Gasteiger charge is -2.25. The first-order chi connectivity index (χ1) is 6.77. The van der Waals surface area contributed by atoms with Gasteiger partial charge in [0.05, 0.1) is 10.3 Å². The first-order valence-corrected chi connectivity index (χ1v) is 5.47. The van der Waals surface area contributed by atoms with E-state index in [9.17, 15) is 0 Å². The second-order valence-corrected chi connectivity index (χ2v) is 4.51. The molecule has 72 valence electrons. The van der Waals surface area contributed by atoms with Gasteiger partial charge in [-0.1, -0.05) is 54.7 Å². The maximum atomic E-state index is 4.01. The Hall–Kier alpha value is -1.15. The standard InChI is InChI=1S/C12H13NS/c1-10-13(2)9-8-12(14-10)11-6-4-3-5-7-11/h3-9,12H,1H2,2H3. The Morgan fingerprint density at radius 2 is 2.00 bits per heavy atom. The molecule has 2 heteroatoms. The van der Waals surface area contributed by atoms with Gasteiger partial charge in [0.25, 0.3) is 0 Å². The topological polar surface area (TPSA) is 3.24 Å². The first-order valence-electron chi connectivity index (χ1n) is 4.59. The molecule has 1 heterocycles. The molecule has 1 aromatic rings. The van der Waals surface area contributed by atoms with Crippen molar-refractivity contribution in [3.8, 4) is 0 Å². The van der Waals surface area contributed by atoms with Gasteiger partial charge in [-0.3, -0.25) is 0 Å². The molecule has 14 heavy (non-hydrogen) atoms. The van der Waals surface area contributed by atoms with E-state index in [-0.39, 0.29) is 0 Å². The van der Waals surface area contributed by atoms with Crippen molar-refractivity contribution in [2.45, 2.75) is 5.25 Å². The molecule has 1 nitrogen and oxygen atoms in total. The summed E-state index contributed by atoms with van der Waals surface area (Å²) in [6.07, 6.45) is 4.28. The van der Waals surface area contributed by atoms with E-state index in [1.54, 1.807) is 11.8 Å². The lowest BCUT2D eigenvalue weighted by atomic mass is 10.1. The van der Waals surface area contributed by atoms with Crippen LogP contribution < -0.4 is 0 Å². The molecular weight excluding hydrogens is 190 g/mol. The van der Waals surface area contributed by atoms with Crippen LogP contribution in [0, 0.1) is 0 Å². The molecule has 1 aliphatic heterocycles. The fraction of sp³-hybridized carbons (Fsp3) is 0.167. The van der Waals surface area contributed by atoms with Crippen molar-refractivity contribution in [3.63, 3.8) is 0 Å². The second-order valence-electron chi connectivity index (χ2n) is 3.30. The van der Waals surface area contributed by atoms with E-state index in [4.69, 9.17) is 0 Å². The van der Waals surface area contributed by atoms with Crippen molar-refractivity contribution in [1.29, 1.82) is 0 Å². The number of hydrogen-bond acceptors (Lipinski definition) is 2. The van der Waals surface area contributed by atoms with Crippen LogP contribution in [0.15, 0.2) is 54.2 Å². The summed E-state index contributed by atoms with van der Waals surface area (Å²) in [7, 11) is 2.02. The maximum absolute atomic E-state index is 4.01. The molecule has 1 aromatic carbocycles. The summed E-state index contributed by atoms with van der Waals surface area (Å²) >= 11 is 1.79. The molecule has 0 bridgehead atoms.